The minimum Gasteiger partial charge on any atom is -0.394 e. The maximum absolute atomic E-state index is 13.4. The minimum absolute atomic E-state index is 0.0972. The molecule has 1 aromatic rings. The van der Waals surface area contributed by atoms with Crippen LogP contribution in [0.1, 0.15) is 29.8 Å². The number of amides is 2. The van der Waals surface area contributed by atoms with E-state index in [0.29, 0.717) is 15.5 Å². The van der Waals surface area contributed by atoms with Gasteiger partial charge in [0, 0.05) is 18.2 Å². The van der Waals surface area contributed by atoms with E-state index < -0.39 is 29.9 Å². The van der Waals surface area contributed by atoms with Crippen molar-refractivity contribution >= 4 is 23.6 Å². The standard InChI is InChI=1S/C20H23F2N3O4S/c1-5-15(30-12(2)23)11-8-13-6-9-14(10-7-13)17(26)24-16(18(27)25-28)20(3,29-4)19(21)22/h5-7,9-10,16,19,28H,2,23H2,1,3-4H3,(H,24,26)(H,25,27)/b15-5-. The highest BCUT2D eigenvalue weighted by Crippen LogP contribution is 2.24. The highest BCUT2D eigenvalue weighted by Gasteiger charge is 2.48. The third-order valence-corrected chi connectivity index (χ3v) is 4.89. The van der Waals surface area contributed by atoms with Crippen molar-refractivity contribution in [1.29, 1.82) is 0 Å². The molecule has 162 valence electrons. The van der Waals surface area contributed by atoms with Crippen LogP contribution >= 0.6 is 11.8 Å². The highest BCUT2D eigenvalue weighted by atomic mass is 32.2. The summed E-state index contributed by atoms with van der Waals surface area (Å²) in [5, 5.41) is 11.4. The van der Waals surface area contributed by atoms with Crippen molar-refractivity contribution in [3.05, 3.63) is 58.0 Å². The molecule has 0 aliphatic rings. The van der Waals surface area contributed by atoms with E-state index >= 15 is 0 Å². The van der Waals surface area contributed by atoms with Gasteiger partial charge in [0.25, 0.3) is 18.2 Å². The molecule has 30 heavy (non-hydrogen) atoms. The number of hydrogen-bond acceptors (Lipinski definition) is 6. The Hall–Kier alpha value is -2.87. The molecule has 0 saturated heterocycles. The molecule has 0 fully saturated rings. The van der Waals surface area contributed by atoms with Gasteiger partial charge in [0.05, 0.1) is 9.93 Å². The predicted octanol–water partition coefficient (Wildman–Crippen LogP) is 2.38. The van der Waals surface area contributed by atoms with Crippen molar-refractivity contribution in [2.24, 2.45) is 5.73 Å². The van der Waals surface area contributed by atoms with Crippen LogP contribution in [0.2, 0.25) is 0 Å². The van der Waals surface area contributed by atoms with Crippen LogP contribution in [0.25, 0.3) is 0 Å². The summed E-state index contributed by atoms with van der Waals surface area (Å²) < 4.78 is 31.6. The monoisotopic (exact) mass is 439 g/mol. The second kappa shape index (κ2) is 11.3. The summed E-state index contributed by atoms with van der Waals surface area (Å²) in [6.45, 7) is 6.35. The third kappa shape index (κ3) is 6.59. The largest absolute Gasteiger partial charge is 0.394 e. The van der Waals surface area contributed by atoms with Crippen molar-refractivity contribution in [3.63, 3.8) is 0 Å². The quantitative estimate of drug-likeness (QED) is 0.281. The lowest BCUT2D eigenvalue weighted by atomic mass is 9.95. The van der Waals surface area contributed by atoms with Crippen LogP contribution in [0.4, 0.5) is 8.78 Å². The van der Waals surface area contributed by atoms with Crippen molar-refractivity contribution in [2.45, 2.75) is 31.9 Å². The molecule has 0 bridgehead atoms. The number of hydrogen-bond donors (Lipinski definition) is 4. The molecule has 7 nitrogen and oxygen atoms in total. The fourth-order valence-electron chi connectivity index (χ4n) is 2.22. The number of ether oxygens (including phenoxy) is 1. The zero-order chi connectivity index (χ0) is 22.9. The average Bonchev–Trinajstić information content (AvgIpc) is 2.73. The molecule has 0 spiro atoms. The third-order valence-electron chi connectivity index (χ3n) is 4.07. The highest BCUT2D eigenvalue weighted by molar-refractivity contribution is 8.06. The molecular formula is C20H23F2N3O4S. The van der Waals surface area contributed by atoms with Gasteiger partial charge in [-0.15, -0.1) is 0 Å². The zero-order valence-electron chi connectivity index (χ0n) is 16.7. The minimum atomic E-state index is -3.12. The molecule has 10 heteroatoms. The number of nitrogens with two attached hydrogens (primary N) is 1. The first-order chi connectivity index (χ1) is 14.1. The SMILES string of the molecule is C=C(N)S/C(C#Cc1ccc(C(=O)NC(C(=O)NO)C(C)(OC)C(F)F)cc1)=C\C. The number of benzene rings is 1. The van der Waals surface area contributed by atoms with Gasteiger partial charge >= 0.3 is 0 Å². The Kier molecular flexibility index (Phi) is 9.52. The number of rotatable bonds is 8. The Morgan fingerprint density at radius 2 is 1.97 bits per heavy atom. The van der Waals surface area contributed by atoms with Crippen LogP contribution in [0.3, 0.4) is 0 Å². The maximum atomic E-state index is 13.4. The molecule has 0 aromatic heterocycles. The normalized spacial score (nSPS) is 14.2. The fraction of sp³-hybridized carbons (Fsp3) is 0.300. The Balaban J connectivity index is 3.04. The van der Waals surface area contributed by atoms with E-state index in [0.717, 1.165) is 14.0 Å². The van der Waals surface area contributed by atoms with Gasteiger partial charge in [-0.3, -0.25) is 14.8 Å². The van der Waals surface area contributed by atoms with Gasteiger partial charge in [-0.1, -0.05) is 36.3 Å². The van der Waals surface area contributed by atoms with Crippen LogP contribution in [-0.2, 0) is 9.53 Å². The molecule has 1 aromatic carbocycles. The molecule has 2 atom stereocenters. The summed E-state index contributed by atoms with van der Waals surface area (Å²) >= 11 is 1.22. The van der Waals surface area contributed by atoms with E-state index in [-0.39, 0.29) is 5.56 Å². The molecule has 2 amide bonds. The fourth-order valence-corrected chi connectivity index (χ4v) is 2.72. The second-order valence-electron chi connectivity index (χ2n) is 6.12. The maximum Gasteiger partial charge on any atom is 0.269 e. The molecule has 0 saturated carbocycles. The van der Waals surface area contributed by atoms with Crippen molar-refractivity contribution in [3.8, 4) is 11.8 Å². The molecular weight excluding hydrogens is 416 g/mol. The van der Waals surface area contributed by atoms with Crippen LogP contribution in [0.5, 0.6) is 0 Å². The number of halogens is 2. The molecule has 0 aliphatic carbocycles. The van der Waals surface area contributed by atoms with E-state index in [4.69, 9.17) is 15.7 Å². The Morgan fingerprint density at radius 1 is 1.37 bits per heavy atom. The average molecular weight is 439 g/mol. The van der Waals surface area contributed by atoms with Gasteiger partial charge in [-0.05, 0) is 38.1 Å². The molecule has 1 rings (SSSR count). The number of carbonyl (C=O) groups is 2. The van der Waals surface area contributed by atoms with Gasteiger partial charge in [0.15, 0.2) is 5.60 Å². The number of alkyl halides is 2. The van der Waals surface area contributed by atoms with E-state index in [1.165, 1.54) is 29.4 Å². The van der Waals surface area contributed by atoms with Crippen LogP contribution in [0, 0.1) is 11.8 Å². The van der Waals surface area contributed by atoms with Crippen molar-refractivity contribution < 1.29 is 28.3 Å². The summed E-state index contributed by atoms with van der Waals surface area (Å²) in [5.74, 6) is 3.76. The summed E-state index contributed by atoms with van der Waals surface area (Å²) in [6, 6.07) is 4.11. The van der Waals surface area contributed by atoms with Gasteiger partial charge in [0.1, 0.15) is 6.04 Å². The van der Waals surface area contributed by atoms with Crippen molar-refractivity contribution in [2.75, 3.05) is 7.11 Å². The second-order valence-corrected chi connectivity index (χ2v) is 7.29. The lowest BCUT2D eigenvalue weighted by Gasteiger charge is -2.34. The first kappa shape index (κ1) is 25.2. The Morgan fingerprint density at radius 3 is 2.40 bits per heavy atom. The zero-order valence-corrected chi connectivity index (χ0v) is 17.5. The number of thioether (sulfide) groups is 1. The van der Waals surface area contributed by atoms with Crippen LogP contribution in [0.15, 0.2) is 46.9 Å². The molecule has 0 heterocycles. The first-order valence-electron chi connectivity index (χ1n) is 8.57. The van der Waals surface area contributed by atoms with Gasteiger partial charge in [-0.25, -0.2) is 14.3 Å². The number of nitrogens with one attached hydrogen (secondary N) is 2. The Labute approximate surface area is 177 Å². The topological polar surface area (TPSA) is 114 Å². The smallest absolute Gasteiger partial charge is 0.269 e. The molecule has 0 radical (unpaired) electrons. The van der Waals surface area contributed by atoms with Crippen LogP contribution < -0.4 is 16.5 Å². The first-order valence-corrected chi connectivity index (χ1v) is 9.39. The van der Waals surface area contributed by atoms with E-state index in [1.807, 2.05) is 0 Å². The summed E-state index contributed by atoms with van der Waals surface area (Å²) in [7, 11) is 0.973. The van der Waals surface area contributed by atoms with Gasteiger partial charge in [-0.2, -0.15) is 0 Å². The number of methoxy groups -OCH3 is 1. The number of carbonyl (C=O) groups excluding carboxylic acids is 2. The van der Waals surface area contributed by atoms with Gasteiger partial charge < -0.3 is 15.8 Å². The number of allylic oxidation sites excluding steroid dienone is 2. The van der Waals surface area contributed by atoms with Gasteiger partial charge in [0.2, 0.25) is 0 Å². The number of hydroxylamine groups is 1. The van der Waals surface area contributed by atoms with Crippen molar-refractivity contribution in [1.82, 2.24) is 10.8 Å². The predicted molar refractivity (Wildman–Crippen MR) is 111 cm³/mol. The van der Waals surface area contributed by atoms with E-state index in [2.05, 4.69) is 23.7 Å². The lowest BCUT2D eigenvalue weighted by Crippen LogP contribution is -2.62. The molecule has 5 N–H and O–H groups in total. The molecule has 2 unspecified atom stereocenters. The van der Waals surface area contributed by atoms with E-state index in [1.54, 1.807) is 25.1 Å². The van der Waals surface area contributed by atoms with E-state index in [9.17, 15) is 18.4 Å². The Bertz CT molecular complexity index is 878. The molecule has 0 aliphatic heterocycles. The summed E-state index contributed by atoms with van der Waals surface area (Å²) in [6.07, 6.45) is -1.34. The van der Waals surface area contributed by atoms with Crippen LogP contribution in [-0.4, -0.2) is 42.2 Å². The summed E-state index contributed by atoms with van der Waals surface area (Å²) in [4.78, 5) is 25.0. The summed E-state index contributed by atoms with van der Waals surface area (Å²) in [5.41, 5.74) is 5.13. The lowest BCUT2D eigenvalue weighted by molar-refractivity contribution is -0.157.